The van der Waals surface area contributed by atoms with E-state index >= 15 is 0 Å². The van der Waals surface area contributed by atoms with E-state index in [1.165, 1.54) is 0 Å². The summed E-state index contributed by atoms with van der Waals surface area (Å²) in [7, 11) is 0. The quantitative estimate of drug-likeness (QED) is 0.810. The molecule has 0 aromatic heterocycles. The number of fused-ring (bicyclic) bond motifs is 5. The molecule has 22 heavy (non-hydrogen) atoms. The lowest BCUT2D eigenvalue weighted by Gasteiger charge is -2.57. The molecule has 0 bridgehead atoms. The predicted octanol–water partition coefficient (Wildman–Crippen LogP) is 3.06. The molecule has 0 aromatic rings. The van der Waals surface area contributed by atoms with E-state index in [1.807, 2.05) is 0 Å². The largest absolute Gasteiger partial charge is 0.395 e. The van der Waals surface area contributed by atoms with Crippen molar-refractivity contribution in [1.29, 1.82) is 0 Å². The summed E-state index contributed by atoms with van der Waals surface area (Å²) in [6.07, 6.45) is 7.02. The van der Waals surface area contributed by atoms with Crippen LogP contribution in [0.25, 0.3) is 0 Å². The van der Waals surface area contributed by atoms with Crippen LogP contribution in [-0.2, 0) is 9.59 Å². The van der Waals surface area contributed by atoms with E-state index in [0.29, 0.717) is 37.4 Å². The van der Waals surface area contributed by atoms with E-state index in [0.717, 1.165) is 31.3 Å². The maximum Gasteiger partial charge on any atom is 0.155 e. The van der Waals surface area contributed by atoms with E-state index in [-0.39, 0.29) is 23.0 Å². The van der Waals surface area contributed by atoms with Gasteiger partial charge in [0.2, 0.25) is 0 Å². The first-order chi connectivity index (χ1) is 11.2. The molecule has 4 aliphatic rings. The zero-order chi connectivity index (χ0) is 17.3. The highest BCUT2D eigenvalue weighted by Crippen LogP contribution is 2.64. The number of Topliss-reactive ketones (excluding diaryl/α,β-unsaturated/α-hetero) is 1. The fraction of sp³-hybridized carbons (Fsp3) is 0.789. The van der Waals surface area contributed by atoms with Gasteiger partial charge in [-0.25, -0.2) is 0 Å². The lowest BCUT2D eigenvalue weighted by molar-refractivity contribution is -0.134. The van der Waals surface area contributed by atoms with E-state index in [4.69, 9.17) is 2.74 Å². The van der Waals surface area contributed by atoms with Crippen LogP contribution in [0.1, 0.15) is 61.0 Å². The Morgan fingerprint density at radius 1 is 1.18 bits per heavy atom. The van der Waals surface area contributed by atoms with Crippen molar-refractivity contribution in [2.45, 2.75) is 58.3 Å². The summed E-state index contributed by atoms with van der Waals surface area (Å²) < 4.78 is 16.4. The Morgan fingerprint density at radius 3 is 2.77 bits per heavy atom. The SMILES string of the molecule is [2H]C([2H])(O)C12CCC(=O)C=C1CCC1C3CCC(=O)C3(C)CCC12. The summed E-state index contributed by atoms with van der Waals surface area (Å²) in [4.78, 5) is 24.3. The Balaban J connectivity index is 1.79. The van der Waals surface area contributed by atoms with Crippen molar-refractivity contribution in [3.63, 3.8) is 0 Å². The van der Waals surface area contributed by atoms with Gasteiger partial charge in [-0.2, -0.15) is 0 Å². The number of rotatable bonds is 1. The van der Waals surface area contributed by atoms with E-state index in [1.54, 1.807) is 6.08 Å². The fourth-order valence-electron chi connectivity index (χ4n) is 6.20. The van der Waals surface area contributed by atoms with Gasteiger partial charge in [-0.3, -0.25) is 9.59 Å². The van der Waals surface area contributed by atoms with Gasteiger partial charge in [0.1, 0.15) is 5.78 Å². The average molecular weight is 304 g/mol. The van der Waals surface area contributed by atoms with Crippen LogP contribution in [0, 0.1) is 28.6 Å². The van der Waals surface area contributed by atoms with Gasteiger partial charge in [0, 0.05) is 23.7 Å². The molecule has 0 aromatic carbocycles. The summed E-state index contributed by atoms with van der Waals surface area (Å²) in [5.41, 5.74) is -0.368. The lowest BCUT2D eigenvalue weighted by atomic mass is 9.47. The zero-order valence-corrected chi connectivity index (χ0v) is 13.2. The van der Waals surface area contributed by atoms with Gasteiger partial charge in [0.05, 0.1) is 9.30 Å². The maximum absolute atomic E-state index is 12.4. The molecule has 0 amide bonds. The monoisotopic (exact) mass is 304 g/mol. The Labute approximate surface area is 135 Å². The highest BCUT2D eigenvalue weighted by atomic mass is 16.3. The van der Waals surface area contributed by atoms with Crippen molar-refractivity contribution in [2.75, 3.05) is 6.56 Å². The molecular weight excluding hydrogens is 276 g/mol. The van der Waals surface area contributed by atoms with Crippen LogP contribution in [0.4, 0.5) is 0 Å². The van der Waals surface area contributed by atoms with Crippen LogP contribution in [-0.4, -0.2) is 23.2 Å². The van der Waals surface area contributed by atoms with Crippen molar-refractivity contribution in [3.8, 4) is 0 Å². The van der Waals surface area contributed by atoms with Gasteiger partial charge < -0.3 is 5.11 Å². The normalized spacial score (nSPS) is 49.5. The predicted molar refractivity (Wildman–Crippen MR) is 83.1 cm³/mol. The molecule has 4 rings (SSSR count). The minimum atomic E-state index is -2.32. The minimum absolute atomic E-state index is 0.0366. The van der Waals surface area contributed by atoms with Crippen LogP contribution in [0.2, 0.25) is 0 Å². The molecule has 3 saturated carbocycles. The molecule has 4 aliphatic carbocycles. The van der Waals surface area contributed by atoms with Gasteiger partial charge in [-0.1, -0.05) is 12.5 Å². The van der Waals surface area contributed by atoms with E-state index in [2.05, 4.69) is 6.92 Å². The first-order valence-corrected chi connectivity index (χ1v) is 8.70. The Morgan fingerprint density at radius 2 is 2.00 bits per heavy atom. The molecule has 0 spiro atoms. The molecule has 5 atom stereocenters. The summed E-state index contributed by atoms with van der Waals surface area (Å²) in [6.45, 7) is -0.224. The summed E-state index contributed by atoms with van der Waals surface area (Å²) in [6, 6.07) is 0. The van der Waals surface area contributed by atoms with Crippen molar-refractivity contribution in [1.82, 2.24) is 0 Å². The topological polar surface area (TPSA) is 54.4 Å². The molecule has 5 unspecified atom stereocenters. The molecular formula is C19H26O3. The first kappa shape index (κ1) is 12.5. The highest BCUT2D eigenvalue weighted by molar-refractivity contribution is 5.91. The second-order valence-electron chi connectivity index (χ2n) is 8.05. The minimum Gasteiger partial charge on any atom is -0.395 e. The van der Waals surface area contributed by atoms with Crippen LogP contribution in [0.3, 0.4) is 0 Å². The number of carbonyl (C=O) groups excluding carboxylic acids is 2. The standard InChI is InChI=1S/C19H26O3/c1-18-8-7-16-14(15(18)4-5-17(18)22)3-2-12-10-13(21)6-9-19(12,16)11-20/h10,14-16,20H,2-9,11H2,1H3/i11D2. The van der Waals surface area contributed by atoms with E-state index in [9.17, 15) is 14.7 Å². The van der Waals surface area contributed by atoms with Crippen LogP contribution < -0.4 is 0 Å². The molecule has 1 N–H and O–H groups in total. The molecule has 0 saturated heterocycles. The lowest BCUT2D eigenvalue weighted by Crippen LogP contribution is -2.53. The summed E-state index contributed by atoms with van der Waals surface area (Å²) in [5, 5.41) is 10.5. The van der Waals surface area contributed by atoms with Crippen molar-refractivity contribution < 1.29 is 17.4 Å². The molecule has 0 heterocycles. The second-order valence-corrected chi connectivity index (χ2v) is 8.05. The van der Waals surface area contributed by atoms with Crippen molar-refractivity contribution >= 4 is 11.6 Å². The average Bonchev–Trinajstić information content (AvgIpc) is 2.81. The molecule has 120 valence electrons. The highest BCUT2D eigenvalue weighted by Gasteiger charge is 2.59. The second kappa shape index (κ2) is 4.77. The van der Waals surface area contributed by atoms with Gasteiger partial charge in [0.25, 0.3) is 0 Å². The molecule has 3 fully saturated rings. The number of hydrogen-bond donors (Lipinski definition) is 1. The number of aliphatic hydroxyl groups is 1. The third kappa shape index (κ3) is 1.72. The van der Waals surface area contributed by atoms with Crippen molar-refractivity contribution in [3.05, 3.63) is 11.6 Å². The van der Waals surface area contributed by atoms with Crippen molar-refractivity contribution in [2.24, 2.45) is 28.6 Å². The van der Waals surface area contributed by atoms with Gasteiger partial charge >= 0.3 is 0 Å². The Hall–Kier alpha value is -0.960. The number of ketones is 2. The zero-order valence-electron chi connectivity index (χ0n) is 15.2. The van der Waals surface area contributed by atoms with Gasteiger partial charge in [-0.15, -0.1) is 0 Å². The summed E-state index contributed by atoms with van der Waals surface area (Å²) in [5.74, 6) is 1.05. The molecule has 0 aliphatic heterocycles. The molecule has 0 radical (unpaired) electrons. The molecule has 3 nitrogen and oxygen atoms in total. The number of hydrogen-bond acceptors (Lipinski definition) is 3. The number of carbonyl (C=O) groups is 2. The van der Waals surface area contributed by atoms with Crippen LogP contribution >= 0.6 is 0 Å². The van der Waals surface area contributed by atoms with Crippen LogP contribution in [0.15, 0.2) is 11.6 Å². The molecule has 3 heteroatoms. The Kier molecular flexibility index (Phi) is 2.70. The smallest absolute Gasteiger partial charge is 0.155 e. The van der Waals surface area contributed by atoms with Crippen LogP contribution in [0.5, 0.6) is 0 Å². The van der Waals surface area contributed by atoms with E-state index < -0.39 is 12.0 Å². The third-order valence-electron chi connectivity index (χ3n) is 7.40. The Bertz CT molecular complexity index is 635. The third-order valence-corrected chi connectivity index (χ3v) is 7.40. The summed E-state index contributed by atoms with van der Waals surface area (Å²) >= 11 is 0. The van der Waals surface area contributed by atoms with Gasteiger partial charge in [0.15, 0.2) is 5.78 Å². The van der Waals surface area contributed by atoms with Gasteiger partial charge in [-0.05, 0) is 62.4 Å². The first-order valence-electron chi connectivity index (χ1n) is 9.70. The fourth-order valence-corrected chi connectivity index (χ4v) is 6.20. The maximum atomic E-state index is 12.4.